The fourth-order valence-electron chi connectivity index (χ4n) is 2.71. The van der Waals surface area contributed by atoms with Gasteiger partial charge in [-0.15, -0.1) is 0 Å². The van der Waals surface area contributed by atoms with Crippen LogP contribution in [0.3, 0.4) is 0 Å². The van der Waals surface area contributed by atoms with Gasteiger partial charge in [0.1, 0.15) is 0 Å². The van der Waals surface area contributed by atoms with E-state index in [1.807, 2.05) is 31.2 Å². The van der Waals surface area contributed by atoms with E-state index in [0.717, 1.165) is 23.3 Å². The molecule has 0 heterocycles. The highest BCUT2D eigenvalue weighted by molar-refractivity contribution is 7.89. The number of sulfonamides is 1. The number of halogens is 2. The summed E-state index contributed by atoms with van der Waals surface area (Å²) in [6.45, 7) is 1.88. The number of nitrogens with two attached hydrogens (primary N) is 1. The summed E-state index contributed by atoms with van der Waals surface area (Å²) in [6, 6.07) is 15.4. The lowest BCUT2D eigenvalue weighted by atomic mass is 9.92. The summed E-state index contributed by atoms with van der Waals surface area (Å²) in [4.78, 5) is -0.0451. The standard InChI is InChI=1S/C19H15F2NO2S/c1-12-4-2-3-5-15(12)17-11-19(21)18(20)10-16(17)13-6-8-14(9-7-13)25(22,23)24/h2-11H,1H3,(H2,22,23,24). The predicted octanol–water partition coefficient (Wildman–Crippen LogP) is 4.25. The van der Waals surface area contributed by atoms with Crippen LogP contribution in [0, 0.1) is 18.6 Å². The maximum absolute atomic E-state index is 13.8. The highest BCUT2D eigenvalue weighted by Gasteiger charge is 2.15. The first kappa shape index (κ1) is 17.3. The SMILES string of the molecule is Cc1ccccc1-c1cc(F)c(F)cc1-c1ccc(S(N)(=O)=O)cc1. The van der Waals surface area contributed by atoms with E-state index in [1.165, 1.54) is 24.3 Å². The van der Waals surface area contributed by atoms with Crippen molar-refractivity contribution in [3.8, 4) is 22.3 Å². The van der Waals surface area contributed by atoms with Crippen molar-refractivity contribution >= 4 is 10.0 Å². The topological polar surface area (TPSA) is 60.2 Å². The van der Waals surface area contributed by atoms with Crippen LogP contribution in [0.2, 0.25) is 0 Å². The number of rotatable bonds is 3. The molecule has 0 atom stereocenters. The van der Waals surface area contributed by atoms with E-state index in [2.05, 4.69) is 0 Å². The molecule has 6 heteroatoms. The smallest absolute Gasteiger partial charge is 0.225 e. The highest BCUT2D eigenvalue weighted by Crippen LogP contribution is 2.35. The van der Waals surface area contributed by atoms with E-state index < -0.39 is 21.7 Å². The van der Waals surface area contributed by atoms with Gasteiger partial charge in [0.2, 0.25) is 10.0 Å². The first-order chi connectivity index (χ1) is 11.8. The molecule has 0 aliphatic rings. The number of aryl methyl sites for hydroxylation is 1. The Balaban J connectivity index is 2.22. The second-order valence-corrected chi connectivity index (χ2v) is 7.26. The normalized spacial score (nSPS) is 11.5. The molecular formula is C19H15F2NO2S. The summed E-state index contributed by atoms with van der Waals surface area (Å²) in [5.74, 6) is -1.91. The fraction of sp³-hybridized carbons (Fsp3) is 0.0526. The van der Waals surface area contributed by atoms with Crippen LogP contribution in [0.15, 0.2) is 65.6 Å². The third-order valence-corrected chi connectivity index (χ3v) is 4.92. The molecule has 0 aliphatic heterocycles. The summed E-state index contributed by atoms with van der Waals surface area (Å²) in [7, 11) is -3.82. The van der Waals surface area contributed by atoms with Crippen LogP contribution < -0.4 is 5.14 Å². The van der Waals surface area contributed by atoms with Crippen LogP contribution in [-0.2, 0) is 10.0 Å². The lowest BCUT2D eigenvalue weighted by molar-refractivity contribution is 0.509. The maximum atomic E-state index is 13.8. The minimum absolute atomic E-state index is 0.0451. The Morgan fingerprint density at radius 3 is 1.92 bits per heavy atom. The lowest BCUT2D eigenvalue weighted by Gasteiger charge is -2.13. The van der Waals surface area contributed by atoms with Crippen LogP contribution >= 0.6 is 0 Å². The van der Waals surface area contributed by atoms with Crippen molar-refractivity contribution in [1.82, 2.24) is 0 Å². The number of hydrogen-bond donors (Lipinski definition) is 1. The van der Waals surface area contributed by atoms with Gasteiger partial charge in [-0.05, 0) is 59.0 Å². The Bertz CT molecular complexity index is 1050. The Labute approximate surface area is 144 Å². The van der Waals surface area contributed by atoms with Crippen LogP contribution in [0.1, 0.15) is 5.56 Å². The zero-order valence-electron chi connectivity index (χ0n) is 13.3. The molecule has 3 rings (SSSR count). The van der Waals surface area contributed by atoms with Crippen LogP contribution in [0.5, 0.6) is 0 Å². The van der Waals surface area contributed by atoms with Gasteiger partial charge in [0.15, 0.2) is 11.6 Å². The molecule has 0 aromatic heterocycles. The van der Waals surface area contributed by atoms with E-state index in [0.29, 0.717) is 16.7 Å². The van der Waals surface area contributed by atoms with Gasteiger partial charge in [0.25, 0.3) is 0 Å². The molecule has 0 aliphatic carbocycles. The van der Waals surface area contributed by atoms with Gasteiger partial charge >= 0.3 is 0 Å². The Hall–Kier alpha value is -2.57. The van der Waals surface area contributed by atoms with Gasteiger partial charge in [-0.25, -0.2) is 22.3 Å². The molecule has 0 bridgehead atoms. The van der Waals surface area contributed by atoms with E-state index >= 15 is 0 Å². The first-order valence-corrected chi connectivity index (χ1v) is 9.00. The lowest BCUT2D eigenvalue weighted by Crippen LogP contribution is -2.11. The second-order valence-electron chi connectivity index (χ2n) is 5.70. The van der Waals surface area contributed by atoms with Gasteiger partial charge in [0.05, 0.1) is 4.90 Å². The Morgan fingerprint density at radius 2 is 1.36 bits per heavy atom. The van der Waals surface area contributed by atoms with Gasteiger partial charge in [-0.2, -0.15) is 0 Å². The largest absolute Gasteiger partial charge is 0.238 e. The molecule has 25 heavy (non-hydrogen) atoms. The quantitative estimate of drug-likeness (QED) is 0.760. The summed E-state index contributed by atoms with van der Waals surface area (Å²) in [6.07, 6.45) is 0. The van der Waals surface area contributed by atoms with Crippen LogP contribution in [-0.4, -0.2) is 8.42 Å². The highest BCUT2D eigenvalue weighted by atomic mass is 32.2. The molecule has 3 nitrogen and oxygen atoms in total. The minimum Gasteiger partial charge on any atom is -0.225 e. The molecule has 3 aromatic carbocycles. The van der Waals surface area contributed by atoms with Crippen molar-refractivity contribution in [1.29, 1.82) is 0 Å². The van der Waals surface area contributed by atoms with E-state index in [9.17, 15) is 17.2 Å². The summed E-state index contributed by atoms with van der Waals surface area (Å²) in [5, 5.41) is 5.09. The summed E-state index contributed by atoms with van der Waals surface area (Å²) < 4.78 is 50.4. The molecule has 2 N–H and O–H groups in total. The molecule has 0 fully saturated rings. The zero-order valence-corrected chi connectivity index (χ0v) is 14.1. The fourth-order valence-corrected chi connectivity index (χ4v) is 3.22. The minimum atomic E-state index is -3.82. The van der Waals surface area contributed by atoms with Crippen LogP contribution in [0.4, 0.5) is 8.78 Å². The summed E-state index contributed by atoms with van der Waals surface area (Å²) >= 11 is 0. The van der Waals surface area contributed by atoms with Gasteiger partial charge in [-0.3, -0.25) is 0 Å². The molecule has 3 aromatic rings. The number of hydrogen-bond acceptors (Lipinski definition) is 2. The van der Waals surface area contributed by atoms with Crippen molar-refractivity contribution < 1.29 is 17.2 Å². The third-order valence-electron chi connectivity index (χ3n) is 3.99. The molecule has 0 saturated carbocycles. The third kappa shape index (κ3) is 3.45. The number of primary sulfonamides is 1. The summed E-state index contributed by atoms with van der Waals surface area (Å²) in [5.41, 5.74) is 3.24. The van der Waals surface area contributed by atoms with Gasteiger partial charge in [0, 0.05) is 0 Å². The number of benzene rings is 3. The molecular weight excluding hydrogens is 344 g/mol. The molecule has 0 amide bonds. The van der Waals surface area contributed by atoms with Gasteiger partial charge in [-0.1, -0.05) is 36.4 Å². The molecule has 128 valence electrons. The average Bonchev–Trinajstić information content (AvgIpc) is 2.57. The second kappa shape index (κ2) is 6.38. The van der Waals surface area contributed by atoms with E-state index in [4.69, 9.17) is 5.14 Å². The molecule has 0 unspecified atom stereocenters. The van der Waals surface area contributed by atoms with Crippen molar-refractivity contribution in [3.63, 3.8) is 0 Å². The van der Waals surface area contributed by atoms with Crippen molar-refractivity contribution in [2.45, 2.75) is 11.8 Å². The maximum Gasteiger partial charge on any atom is 0.238 e. The monoisotopic (exact) mass is 359 g/mol. The Morgan fingerprint density at radius 1 is 0.800 bits per heavy atom. The van der Waals surface area contributed by atoms with Crippen molar-refractivity contribution in [2.75, 3.05) is 0 Å². The average molecular weight is 359 g/mol. The zero-order chi connectivity index (χ0) is 18.2. The van der Waals surface area contributed by atoms with E-state index in [-0.39, 0.29) is 4.90 Å². The molecule has 0 saturated heterocycles. The van der Waals surface area contributed by atoms with E-state index in [1.54, 1.807) is 0 Å². The molecule has 0 spiro atoms. The molecule has 0 radical (unpaired) electrons. The predicted molar refractivity (Wildman–Crippen MR) is 93.3 cm³/mol. The van der Waals surface area contributed by atoms with Crippen molar-refractivity contribution in [2.24, 2.45) is 5.14 Å². The van der Waals surface area contributed by atoms with Gasteiger partial charge < -0.3 is 0 Å². The van der Waals surface area contributed by atoms with Crippen LogP contribution in [0.25, 0.3) is 22.3 Å². The Kier molecular flexibility index (Phi) is 4.41. The van der Waals surface area contributed by atoms with Crippen molar-refractivity contribution in [3.05, 3.63) is 77.9 Å². The first-order valence-electron chi connectivity index (χ1n) is 7.45.